The summed E-state index contributed by atoms with van der Waals surface area (Å²) in [7, 11) is 1.97. The zero-order valence-corrected chi connectivity index (χ0v) is 16.3. The molecule has 3 heterocycles. The number of ether oxygens (including phenoxy) is 2. The fourth-order valence-electron chi connectivity index (χ4n) is 4.66. The van der Waals surface area contributed by atoms with Crippen molar-refractivity contribution in [2.75, 3.05) is 33.5 Å². The van der Waals surface area contributed by atoms with Gasteiger partial charge in [0.2, 0.25) is 6.79 Å². The summed E-state index contributed by atoms with van der Waals surface area (Å²) in [4.78, 5) is 29.7. The van der Waals surface area contributed by atoms with Crippen LogP contribution in [0.3, 0.4) is 0 Å². The van der Waals surface area contributed by atoms with Gasteiger partial charge in [-0.05, 0) is 36.7 Å². The lowest BCUT2D eigenvalue weighted by Crippen LogP contribution is -2.52. The topological polar surface area (TPSA) is 71.1 Å². The summed E-state index contributed by atoms with van der Waals surface area (Å²) in [6, 6.07) is 15.3. The maximum Gasteiger partial charge on any atom is 0.325 e. The molecule has 3 aliphatic heterocycles. The lowest BCUT2D eigenvalue weighted by atomic mass is 9.81. The molecule has 0 radical (unpaired) electrons. The van der Waals surface area contributed by atoms with Crippen molar-refractivity contribution in [3.05, 3.63) is 59.7 Å². The van der Waals surface area contributed by atoms with Crippen LogP contribution in [-0.4, -0.2) is 60.8 Å². The van der Waals surface area contributed by atoms with Gasteiger partial charge in [-0.15, -0.1) is 0 Å². The van der Waals surface area contributed by atoms with Crippen LogP contribution in [0.4, 0.5) is 4.79 Å². The number of hydrogen-bond acceptors (Lipinski definition) is 5. The fourth-order valence-corrected chi connectivity index (χ4v) is 4.66. The SMILES string of the molecule is CN1C[C@@H](c2ccc3c(c2)OCO3)[C@]2(C1)NC(=O)N(CCc1ccccc1)C2=O. The fraction of sp³-hybridized carbons (Fsp3) is 0.364. The van der Waals surface area contributed by atoms with Crippen molar-refractivity contribution in [3.8, 4) is 11.5 Å². The average Bonchev–Trinajstić information content (AvgIpc) is 3.38. The second kappa shape index (κ2) is 6.77. The molecule has 2 aromatic rings. The van der Waals surface area contributed by atoms with Gasteiger partial charge in [-0.25, -0.2) is 4.79 Å². The first kappa shape index (κ1) is 18.0. The number of rotatable bonds is 4. The highest BCUT2D eigenvalue weighted by molar-refractivity contribution is 6.08. The van der Waals surface area contributed by atoms with Crippen LogP contribution in [-0.2, 0) is 11.2 Å². The Morgan fingerprint density at radius 1 is 1.10 bits per heavy atom. The summed E-state index contributed by atoms with van der Waals surface area (Å²) in [5.41, 5.74) is 1.12. The molecule has 0 bridgehead atoms. The number of benzene rings is 2. The van der Waals surface area contributed by atoms with E-state index in [0.717, 1.165) is 11.1 Å². The summed E-state index contributed by atoms with van der Waals surface area (Å²) in [6.45, 7) is 1.74. The van der Waals surface area contributed by atoms with Crippen molar-refractivity contribution >= 4 is 11.9 Å². The minimum absolute atomic E-state index is 0.148. The predicted octanol–water partition coefficient (Wildman–Crippen LogP) is 1.98. The van der Waals surface area contributed by atoms with E-state index in [1.165, 1.54) is 4.90 Å². The number of likely N-dealkylation sites (N-methyl/N-ethyl adjacent to an activating group) is 1. The number of hydrogen-bond donors (Lipinski definition) is 1. The number of carbonyl (C=O) groups is 2. The Kier molecular flexibility index (Phi) is 4.20. The van der Waals surface area contributed by atoms with E-state index >= 15 is 0 Å². The molecule has 5 rings (SSSR count). The summed E-state index contributed by atoms with van der Waals surface area (Å²) in [5.74, 6) is 1.09. The van der Waals surface area contributed by atoms with Crippen molar-refractivity contribution in [1.82, 2.24) is 15.1 Å². The van der Waals surface area contributed by atoms with E-state index < -0.39 is 5.54 Å². The normalized spacial score (nSPS) is 25.8. The van der Waals surface area contributed by atoms with Gasteiger partial charge < -0.3 is 19.7 Å². The van der Waals surface area contributed by atoms with Gasteiger partial charge >= 0.3 is 6.03 Å². The smallest absolute Gasteiger partial charge is 0.325 e. The van der Waals surface area contributed by atoms with Crippen LogP contribution in [0.25, 0.3) is 0 Å². The molecule has 0 unspecified atom stereocenters. The number of fused-ring (bicyclic) bond motifs is 1. The van der Waals surface area contributed by atoms with E-state index in [1.54, 1.807) is 0 Å². The van der Waals surface area contributed by atoms with Crippen LogP contribution in [0.5, 0.6) is 11.5 Å². The zero-order valence-electron chi connectivity index (χ0n) is 16.3. The van der Waals surface area contributed by atoms with E-state index in [9.17, 15) is 9.59 Å². The summed E-state index contributed by atoms with van der Waals surface area (Å²) >= 11 is 0. The molecule has 7 nitrogen and oxygen atoms in total. The third kappa shape index (κ3) is 2.93. The standard InChI is InChI=1S/C22H23N3O4/c1-24-12-17(16-7-8-18-19(11-16)29-14-28-18)22(13-24)20(26)25(21(27)23-22)10-9-15-5-3-2-4-6-15/h2-8,11,17H,9-10,12-14H2,1H3,(H,23,27)/t17-,22-/m0/s1. The van der Waals surface area contributed by atoms with E-state index in [-0.39, 0.29) is 24.6 Å². The summed E-state index contributed by atoms with van der Waals surface area (Å²) in [6.07, 6.45) is 0.639. The average molecular weight is 393 g/mol. The second-order valence-electron chi connectivity index (χ2n) is 7.96. The molecule has 3 amide bonds. The number of carbonyl (C=O) groups excluding carboxylic acids is 2. The monoisotopic (exact) mass is 393 g/mol. The lowest BCUT2D eigenvalue weighted by molar-refractivity contribution is -0.131. The largest absolute Gasteiger partial charge is 0.454 e. The summed E-state index contributed by atoms with van der Waals surface area (Å²) < 4.78 is 10.9. The Morgan fingerprint density at radius 2 is 1.90 bits per heavy atom. The highest BCUT2D eigenvalue weighted by atomic mass is 16.7. The Morgan fingerprint density at radius 3 is 2.72 bits per heavy atom. The first-order valence-electron chi connectivity index (χ1n) is 9.83. The van der Waals surface area contributed by atoms with Gasteiger partial charge in [0.1, 0.15) is 5.54 Å². The lowest BCUT2D eigenvalue weighted by Gasteiger charge is -2.28. The van der Waals surface area contributed by atoms with Gasteiger partial charge in [-0.1, -0.05) is 36.4 Å². The van der Waals surface area contributed by atoms with Crippen LogP contribution >= 0.6 is 0 Å². The van der Waals surface area contributed by atoms with Crippen LogP contribution < -0.4 is 14.8 Å². The van der Waals surface area contributed by atoms with Crippen molar-refractivity contribution < 1.29 is 19.1 Å². The molecule has 0 aliphatic carbocycles. The Bertz CT molecular complexity index is 964. The highest BCUT2D eigenvalue weighted by Gasteiger charge is 2.59. The highest BCUT2D eigenvalue weighted by Crippen LogP contribution is 2.43. The molecule has 3 aliphatic rings. The first-order valence-corrected chi connectivity index (χ1v) is 9.83. The molecule has 2 atom stereocenters. The molecule has 7 heteroatoms. The number of urea groups is 1. The van der Waals surface area contributed by atoms with Crippen molar-refractivity contribution in [2.45, 2.75) is 17.9 Å². The molecule has 2 aromatic carbocycles. The Hall–Kier alpha value is -3.06. The molecule has 2 saturated heterocycles. The van der Waals surface area contributed by atoms with E-state index in [4.69, 9.17) is 9.47 Å². The number of nitrogens with one attached hydrogen (secondary N) is 1. The Balaban J connectivity index is 1.42. The van der Waals surface area contributed by atoms with Crippen molar-refractivity contribution in [1.29, 1.82) is 0 Å². The number of amides is 3. The second-order valence-corrected chi connectivity index (χ2v) is 7.96. The predicted molar refractivity (Wildman–Crippen MR) is 106 cm³/mol. The first-order chi connectivity index (χ1) is 14.1. The molecule has 2 fully saturated rings. The third-order valence-electron chi connectivity index (χ3n) is 6.08. The van der Waals surface area contributed by atoms with Crippen molar-refractivity contribution in [2.24, 2.45) is 0 Å². The van der Waals surface area contributed by atoms with Gasteiger partial charge in [-0.3, -0.25) is 9.69 Å². The van der Waals surface area contributed by atoms with Gasteiger partial charge in [0.15, 0.2) is 11.5 Å². The summed E-state index contributed by atoms with van der Waals surface area (Å²) in [5, 5.41) is 3.04. The van der Waals surface area contributed by atoms with Crippen LogP contribution in [0, 0.1) is 0 Å². The maximum absolute atomic E-state index is 13.5. The molecule has 150 valence electrons. The van der Waals surface area contributed by atoms with E-state index in [0.29, 0.717) is 37.6 Å². The van der Waals surface area contributed by atoms with Gasteiger partial charge in [0.25, 0.3) is 5.91 Å². The molecule has 1 N–H and O–H groups in total. The van der Waals surface area contributed by atoms with Crippen LogP contribution in [0.1, 0.15) is 17.0 Å². The zero-order chi connectivity index (χ0) is 20.0. The van der Waals surface area contributed by atoms with Gasteiger partial charge in [-0.2, -0.15) is 0 Å². The quantitative estimate of drug-likeness (QED) is 0.805. The van der Waals surface area contributed by atoms with Crippen LogP contribution in [0.15, 0.2) is 48.5 Å². The number of imide groups is 1. The minimum Gasteiger partial charge on any atom is -0.454 e. The van der Waals surface area contributed by atoms with Crippen LogP contribution in [0.2, 0.25) is 0 Å². The van der Waals surface area contributed by atoms with E-state index in [2.05, 4.69) is 10.2 Å². The van der Waals surface area contributed by atoms with Gasteiger partial charge in [0, 0.05) is 25.6 Å². The molecule has 0 saturated carbocycles. The third-order valence-corrected chi connectivity index (χ3v) is 6.08. The van der Waals surface area contributed by atoms with Crippen molar-refractivity contribution in [3.63, 3.8) is 0 Å². The molecule has 1 spiro atoms. The molecular weight excluding hydrogens is 370 g/mol. The number of nitrogens with zero attached hydrogens (tertiary/aromatic N) is 2. The Labute approximate surface area is 169 Å². The molecule has 0 aromatic heterocycles. The molecular formula is C22H23N3O4. The number of likely N-dealkylation sites (tertiary alicyclic amines) is 1. The van der Waals surface area contributed by atoms with E-state index in [1.807, 2.05) is 55.6 Å². The molecule has 29 heavy (non-hydrogen) atoms. The van der Waals surface area contributed by atoms with Gasteiger partial charge in [0.05, 0.1) is 0 Å². The minimum atomic E-state index is -0.948. The maximum atomic E-state index is 13.5.